The van der Waals surface area contributed by atoms with Crippen molar-refractivity contribution in [3.63, 3.8) is 0 Å². The molecule has 0 radical (unpaired) electrons. The molecule has 22 heavy (non-hydrogen) atoms. The van der Waals surface area contributed by atoms with Gasteiger partial charge in [-0.2, -0.15) is 4.98 Å². The van der Waals surface area contributed by atoms with Crippen molar-refractivity contribution >= 4 is 17.1 Å². The molecule has 0 saturated carbocycles. The summed E-state index contributed by atoms with van der Waals surface area (Å²) in [5, 5.41) is 3.31. The molecule has 0 bridgehead atoms. The molecule has 1 aliphatic heterocycles. The zero-order chi connectivity index (χ0) is 15.9. The number of nitrogens with zero attached hydrogens (tertiary/aromatic N) is 4. The zero-order valence-corrected chi connectivity index (χ0v) is 13.2. The minimum absolute atomic E-state index is 0.133. The Kier molecular flexibility index (Phi) is 3.78. The molecule has 1 atom stereocenters. The summed E-state index contributed by atoms with van der Waals surface area (Å²) >= 11 is 0. The van der Waals surface area contributed by atoms with Gasteiger partial charge in [-0.1, -0.05) is 6.92 Å². The van der Waals surface area contributed by atoms with Gasteiger partial charge in [-0.25, -0.2) is 4.79 Å². The molecule has 120 valence electrons. The van der Waals surface area contributed by atoms with Crippen LogP contribution in [0.15, 0.2) is 9.59 Å². The highest BCUT2D eigenvalue weighted by Crippen LogP contribution is 2.26. The van der Waals surface area contributed by atoms with Crippen molar-refractivity contribution in [2.24, 2.45) is 7.05 Å². The van der Waals surface area contributed by atoms with Gasteiger partial charge in [-0.3, -0.25) is 14.3 Å². The number of piperazine rings is 1. The molecular weight excluding hydrogens is 284 g/mol. The molecule has 0 aromatic carbocycles. The van der Waals surface area contributed by atoms with Crippen LogP contribution in [0.1, 0.15) is 26.3 Å². The molecular formula is C14H22N6O2. The summed E-state index contributed by atoms with van der Waals surface area (Å²) in [7, 11) is 1.64. The number of hydrogen-bond acceptors (Lipinski definition) is 5. The Hall–Kier alpha value is -2.09. The number of fused-ring (bicyclic) bond motifs is 1. The van der Waals surface area contributed by atoms with Crippen LogP contribution in [0, 0.1) is 0 Å². The van der Waals surface area contributed by atoms with E-state index in [4.69, 9.17) is 0 Å². The lowest BCUT2D eigenvalue weighted by Gasteiger charge is -2.30. The minimum Gasteiger partial charge on any atom is -0.340 e. The fourth-order valence-electron chi connectivity index (χ4n) is 2.88. The smallest absolute Gasteiger partial charge is 0.329 e. The Balaban J connectivity index is 2.31. The first-order valence-corrected chi connectivity index (χ1v) is 7.71. The summed E-state index contributed by atoms with van der Waals surface area (Å²) in [6.07, 6.45) is 0.882. The van der Waals surface area contributed by atoms with Gasteiger partial charge >= 0.3 is 5.69 Å². The Morgan fingerprint density at radius 2 is 1.95 bits per heavy atom. The molecule has 8 heteroatoms. The topological polar surface area (TPSA) is 88.0 Å². The zero-order valence-electron chi connectivity index (χ0n) is 13.2. The van der Waals surface area contributed by atoms with Crippen molar-refractivity contribution in [2.75, 3.05) is 31.1 Å². The largest absolute Gasteiger partial charge is 0.340 e. The molecule has 0 spiro atoms. The van der Waals surface area contributed by atoms with E-state index in [0.717, 1.165) is 38.5 Å². The van der Waals surface area contributed by atoms with Crippen LogP contribution in [0.5, 0.6) is 0 Å². The maximum Gasteiger partial charge on any atom is 0.329 e. The molecule has 0 amide bonds. The van der Waals surface area contributed by atoms with E-state index in [1.165, 1.54) is 4.57 Å². The highest BCUT2D eigenvalue weighted by molar-refractivity contribution is 5.74. The van der Waals surface area contributed by atoms with Gasteiger partial charge in [-0.05, 0) is 13.3 Å². The highest BCUT2D eigenvalue weighted by Gasteiger charge is 2.24. The summed E-state index contributed by atoms with van der Waals surface area (Å²) < 4.78 is 3.38. The molecule has 2 aromatic heterocycles. The van der Waals surface area contributed by atoms with Crippen LogP contribution in [0.2, 0.25) is 0 Å². The van der Waals surface area contributed by atoms with Gasteiger partial charge in [0.1, 0.15) is 0 Å². The van der Waals surface area contributed by atoms with Crippen LogP contribution in [0.25, 0.3) is 11.2 Å². The summed E-state index contributed by atoms with van der Waals surface area (Å²) in [6.45, 7) is 7.60. The van der Waals surface area contributed by atoms with E-state index >= 15 is 0 Å². The standard InChI is InChI=1S/C14H22N6O2/c1-4-9(2)20-10-11(18(3)14(22)17-12(10)21)16-13(20)19-7-5-15-6-8-19/h9,15H,4-8H2,1-3H3,(H,17,21,22). The number of aromatic nitrogens is 4. The molecule has 1 fully saturated rings. The number of nitrogens with one attached hydrogen (secondary N) is 2. The average molecular weight is 306 g/mol. The molecule has 2 aromatic rings. The Labute approximate surface area is 127 Å². The van der Waals surface area contributed by atoms with E-state index in [2.05, 4.69) is 34.0 Å². The lowest BCUT2D eigenvalue weighted by Crippen LogP contribution is -2.44. The third kappa shape index (κ3) is 2.23. The first-order valence-electron chi connectivity index (χ1n) is 7.71. The third-order valence-corrected chi connectivity index (χ3v) is 4.36. The first kappa shape index (κ1) is 14.8. The van der Waals surface area contributed by atoms with Crippen LogP contribution in [0.3, 0.4) is 0 Å². The first-order chi connectivity index (χ1) is 10.5. The molecule has 3 heterocycles. The lowest BCUT2D eigenvalue weighted by molar-refractivity contribution is 0.516. The summed E-state index contributed by atoms with van der Waals surface area (Å²) in [5.74, 6) is 0.776. The van der Waals surface area contributed by atoms with Gasteiger partial charge in [0.15, 0.2) is 11.2 Å². The summed E-state index contributed by atoms with van der Waals surface area (Å²) in [5.41, 5.74) is 0.123. The fourth-order valence-corrected chi connectivity index (χ4v) is 2.88. The van der Waals surface area contributed by atoms with Gasteiger partial charge in [0.25, 0.3) is 5.56 Å². The fraction of sp³-hybridized carbons (Fsp3) is 0.643. The second-order valence-electron chi connectivity index (χ2n) is 5.77. The monoisotopic (exact) mass is 306 g/mol. The Morgan fingerprint density at radius 3 is 2.59 bits per heavy atom. The molecule has 1 unspecified atom stereocenters. The van der Waals surface area contributed by atoms with Gasteiger partial charge < -0.3 is 14.8 Å². The van der Waals surface area contributed by atoms with Crippen molar-refractivity contribution in [1.29, 1.82) is 0 Å². The molecule has 3 rings (SSSR count). The SMILES string of the molecule is CCC(C)n1c(N2CCNCC2)nc2c1c(=O)[nH]c(=O)n2C. The maximum absolute atomic E-state index is 12.3. The highest BCUT2D eigenvalue weighted by atomic mass is 16.2. The number of hydrogen-bond donors (Lipinski definition) is 2. The van der Waals surface area contributed by atoms with Gasteiger partial charge in [0.05, 0.1) is 0 Å². The maximum atomic E-state index is 12.3. The number of rotatable bonds is 3. The van der Waals surface area contributed by atoms with Crippen molar-refractivity contribution in [3.8, 4) is 0 Å². The molecule has 0 aliphatic carbocycles. The van der Waals surface area contributed by atoms with E-state index < -0.39 is 5.69 Å². The van der Waals surface area contributed by atoms with Gasteiger partial charge in [0, 0.05) is 39.3 Å². The van der Waals surface area contributed by atoms with Crippen molar-refractivity contribution in [2.45, 2.75) is 26.3 Å². The number of imidazole rings is 1. The molecule has 8 nitrogen and oxygen atoms in total. The van der Waals surface area contributed by atoms with Crippen molar-refractivity contribution in [3.05, 3.63) is 20.8 Å². The number of anilines is 1. The van der Waals surface area contributed by atoms with E-state index in [-0.39, 0.29) is 11.6 Å². The normalized spacial score (nSPS) is 17.1. The van der Waals surface area contributed by atoms with Crippen LogP contribution in [-0.2, 0) is 7.05 Å². The molecule has 2 N–H and O–H groups in total. The van der Waals surface area contributed by atoms with E-state index in [0.29, 0.717) is 11.2 Å². The van der Waals surface area contributed by atoms with Crippen molar-refractivity contribution in [1.82, 2.24) is 24.4 Å². The predicted molar refractivity (Wildman–Crippen MR) is 85.7 cm³/mol. The Morgan fingerprint density at radius 1 is 1.27 bits per heavy atom. The molecule has 1 aliphatic rings. The van der Waals surface area contributed by atoms with Crippen LogP contribution >= 0.6 is 0 Å². The van der Waals surface area contributed by atoms with Gasteiger partial charge in [-0.15, -0.1) is 0 Å². The van der Waals surface area contributed by atoms with Crippen molar-refractivity contribution < 1.29 is 0 Å². The van der Waals surface area contributed by atoms with E-state index in [1.807, 2.05) is 4.57 Å². The molecule has 1 saturated heterocycles. The van der Waals surface area contributed by atoms with E-state index in [9.17, 15) is 9.59 Å². The van der Waals surface area contributed by atoms with Crippen LogP contribution in [0.4, 0.5) is 5.95 Å². The van der Waals surface area contributed by atoms with Crippen LogP contribution in [-0.4, -0.2) is 45.3 Å². The number of H-pyrrole nitrogens is 1. The second-order valence-corrected chi connectivity index (χ2v) is 5.77. The lowest BCUT2D eigenvalue weighted by atomic mass is 10.2. The number of aryl methyl sites for hydroxylation is 1. The quantitative estimate of drug-likeness (QED) is 0.820. The summed E-state index contributed by atoms with van der Waals surface area (Å²) in [4.78, 5) is 33.3. The second kappa shape index (κ2) is 5.60. The van der Waals surface area contributed by atoms with Crippen LogP contribution < -0.4 is 21.5 Å². The predicted octanol–water partition coefficient (Wildman–Crippen LogP) is -0.196. The van der Waals surface area contributed by atoms with Gasteiger partial charge in [0.2, 0.25) is 5.95 Å². The van der Waals surface area contributed by atoms with E-state index in [1.54, 1.807) is 7.05 Å². The minimum atomic E-state index is -0.432. The third-order valence-electron chi connectivity index (χ3n) is 4.36. The Bertz CT molecular complexity index is 796. The summed E-state index contributed by atoms with van der Waals surface area (Å²) in [6, 6.07) is 0.133. The average Bonchev–Trinajstić information content (AvgIpc) is 2.94. The number of aromatic amines is 1.